The average Bonchev–Trinajstić information content (AvgIpc) is 2.72. The molecule has 17 heavy (non-hydrogen) atoms. The van der Waals surface area contributed by atoms with Gasteiger partial charge in [0.05, 0.1) is 6.54 Å². The molecule has 0 saturated carbocycles. The van der Waals surface area contributed by atoms with Crippen LogP contribution in [0.25, 0.3) is 0 Å². The minimum Gasteiger partial charge on any atom is -0.364 e. The van der Waals surface area contributed by atoms with Crippen LogP contribution in [0.4, 0.5) is 5.82 Å². The van der Waals surface area contributed by atoms with Crippen molar-refractivity contribution in [2.24, 2.45) is 0 Å². The molecule has 0 radical (unpaired) electrons. The van der Waals surface area contributed by atoms with Crippen LogP contribution in [-0.2, 0) is 13.0 Å². The largest absolute Gasteiger partial charge is 0.364 e. The van der Waals surface area contributed by atoms with Crippen LogP contribution in [0.5, 0.6) is 0 Å². The molecule has 0 unspecified atom stereocenters. The smallest absolute Gasteiger partial charge is 0.133 e. The molecule has 0 aliphatic carbocycles. The van der Waals surface area contributed by atoms with Crippen molar-refractivity contribution in [2.75, 3.05) is 5.32 Å². The van der Waals surface area contributed by atoms with E-state index in [2.05, 4.69) is 27.4 Å². The number of hydrogen-bond acceptors (Lipinski definition) is 5. The van der Waals surface area contributed by atoms with Crippen molar-refractivity contribution >= 4 is 5.82 Å². The summed E-state index contributed by atoms with van der Waals surface area (Å²) >= 11 is 0. The molecule has 1 N–H and O–H groups in total. The quantitative estimate of drug-likeness (QED) is 0.876. The van der Waals surface area contributed by atoms with Crippen molar-refractivity contribution in [1.82, 2.24) is 15.1 Å². The van der Waals surface area contributed by atoms with Crippen LogP contribution in [-0.4, -0.2) is 15.1 Å². The zero-order valence-corrected chi connectivity index (χ0v) is 10.3. The fraction of sp³-hybridized carbons (Fsp3) is 0.417. The number of anilines is 1. The van der Waals surface area contributed by atoms with Crippen molar-refractivity contribution in [3.05, 3.63) is 35.1 Å². The number of nitrogens with zero attached hydrogens (tertiary/aromatic N) is 3. The summed E-state index contributed by atoms with van der Waals surface area (Å²) in [5, 5.41) is 7.13. The monoisotopic (exact) mass is 232 g/mol. The van der Waals surface area contributed by atoms with E-state index in [0.29, 0.717) is 6.54 Å². The summed E-state index contributed by atoms with van der Waals surface area (Å²) in [7, 11) is 0. The summed E-state index contributed by atoms with van der Waals surface area (Å²) in [5.74, 6) is 2.42. The number of rotatable bonds is 4. The van der Waals surface area contributed by atoms with E-state index in [-0.39, 0.29) is 0 Å². The van der Waals surface area contributed by atoms with Gasteiger partial charge in [-0.2, -0.15) is 0 Å². The predicted molar refractivity (Wildman–Crippen MR) is 64.7 cm³/mol. The van der Waals surface area contributed by atoms with Gasteiger partial charge in [-0.15, -0.1) is 0 Å². The highest BCUT2D eigenvalue weighted by Gasteiger charge is 2.03. The Morgan fingerprint density at radius 2 is 2.00 bits per heavy atom. The predicted octanol–water partition coefficient (Wildman–Crippen LogP) is 2.26. The molecule has 5 nitrogen and oxygen atoms in total. The Labute approximate surface area is 100 Å². The van der Waals surface area contributed by atoms with Crippen LogP contribution in [0.1, 0.15) is 29.9 Å². The fourth-order valence-corrected chi connectivity index (χ4v) is 1.58. The zero-order valence-electron chi connectivity index (χ0n) is 10.3. The third-order valence-electron chi connectivity index (χ3n) is 2.38. The SMILES string of the molecule is CCc1cc(NCc2cc(C)on2)nc(C)n1. The molecule has 90 valence electrons. The zero-order chi connectivity index (χ0) is 12.3. The minimum atomic E-state index is 0.608. The molecule has 5 heteroatoms. The molecule has 0 aliphatic rings. The van der Waals surface area contributed by atoms with Gasteiger partial charge in [-0.05, 0) is 20.3 Å². The van der Waals surface area contributed by atoms with Crippen molar-refractivity contribution in [3.63, 3.8) is 0 Å². The Balaban J connectivity index is 2.05. The minimum absolute atomic E-state index is 0.608. The lowest BCUT2D eigenvalue weighted by atomic mass is 10.3. The third-order valence-corrected chi connectivity index (χ3v) is 2.38. The van der Waals surface area contributed by atoms with Gasteiger partial charge in [-0.25, -0.2) is 9.97 Å². The van der Waals surface area contributed by atoms with E-state index in [9.17, 15) is 0 Å². The Hall–Kier alpha value is -1.91. The van der Waals surface area contributed by atoms with Gasteiger partial charge in [0.1, 0.15) is 23.1 Å². The molecule has 2 rings (SSSR count). The maximum atomic E-state index is 5.00. The molecular weight excluding hydrogens is 216 g/mol. The van der Waals surface area contributed by atoms with E-state index in [1.807, 2.05) is 26.0 Å². The number of aryl methyl sites for hydroxylation is 3. The first kappa shape index (κ1) is 11.6. The molecule has 0 atom stereocenters. The van der Waals surface area contributed by atoms with Crippen molar-refractivity contribution in [3.8, 4) is 0 Å². The van der Waals surface area contributed by atoms with Crippen LogP contribution in [0.2, 0.25) is 0 Å². The summed E-state index contributed by atoms with van der Waals surface area (Å²) in [6.45, 7) is 6.45. The maximum Gasteiger partial charge on any atom is 0.133 e. The molecule has 0 bridgehead atoms. The maximum absolute atomic E-state index is 5.00. The highest BCUT2D eigenvalue weighted by atomic mass is 16.5. The van der Waals surface area contributed by atoms with E-state index < -0.39 is 0 Å². The lowest BCUT2D eigenvalue weighted by Crippen LogP contribution is -2.04. The Morgan fingerprint density at radius 1 is 1.18 bits per heavy atom. The number of hydrogen-bond donors (Lipinski definition) is 1. The van der Waals surface area contributed by atoms with E-state index >= 15 is 0 Å². The second-order valence-electron chi connectivity index (χ2n) is 3.93. The van der Waals surface area contributed by atoms with Crippen molar-refractivity contribution in [2.45, 2.75) is 33.7 Å². The van der Waals surface area contributed by atoms with Gasteiger partial charge in [0.25, 0.3) is 0 Å². The Bertz CT molecular complexity index is 507. The first-order valence-electron chi connectivity index (χ1n) is 5.68. The van der Waals surface area contributed by atoms with Gasteiger partial charge in [0.2, 0.25) is 0 Å². The molecule has 2 aromatic heterocycles. The van der Waals surface area contributed by atoms with Crippen LogP contribution >= 0.6 is 0 Å². The third kappa shape index (κ3) is 3.03. The normalized spacial score (nSPS) is 10.5. The van der Waals surface area contributed by atoms with Crippen molar-refractivity contribution in [1.29, 1.82) is 0 Å². The Morgan fingerprint density at radius 3 is 2.65 bits per heavy atom. The van der Waals surface area contributed by atoms with E-state index in [1.165, 1.54) is 0 Å². The van der Waals surface area contributed by atoms with Crippen molar-refractivity contribution < 1.29 is 4.52 Å². The summed E-state index contributed by atoms with van der Waals surface area (Å²) in [6, 6.07) is 3.86. The molecule has 2 aromatic rings. The highest BCUT2D eigenvalue weighted by molar-refractivity contribution is 5.36. The van der Waals surface area contributed by atoms with Crippen LogP contribution in [0.3, 0.4) is 0 Å². The summed E-state index contributed by atoms with van der Waals surface area (Å²) < 4.78 is 5.00. The van der Waals surface area contributed by atoms with Gasteiger partial charge in [-0.1, -0.05) is 12.1 Å². The van der Waals surface area contributed by atoms with Gasteiger partial charge in [0, 0.05) is 17.8 Å². The molecule has 0 saturated heterocycles. The van der Waals surface area contributed by atoms with Crippen LogP contribution in [0, 0.1) is 13.8 Å². The standard InChI is InChI=1S/C12H16N4O/c1-4-10-6-12(15-9(3)14-10)13-7-11-5-8(2)17-16-11/h5-6H,4,7H2,1-3H3,(H,13,14,15). The van der Waals surface area contributed by atoms with Crippen LogP contribution < -0.4 is 5.32 Å². The van der Waals surface area contributed by atoms with Gasteiger partial charge >= 0.3 is 0 Å². The van der Waals surface area contributed by atoms with E-state index in [4.69, 9.17) is 4.52 Å². The number of aromatic nitrogens is 3. The average molecular weight is 232 g/mol. The van der Waals surface area contributed by atoms with Gasteiger partial charge in [0.15, 0.2) is 0 Å². The molecule has 0 fully saturated rings. The summed E-state index contributed by atoms with van der Waals surface area (Å²) in [5.41, 5.74) is 1.91. The topological polar surface area (TPSA) is 63.8 Å². The van der Waals surface area contributed by atoms with Gasteiger partial charge < -0.3 is 9.84 Å². The second-order valence-corrected chi connectivity index (χ2v) is 3.93. The lowest BCUT2D eigenvalue weighted by Gasteiger charge is -2.05. The first-order chi connectivity index (χ1) is 8.17. The molecule has 2 heterocycles. The summed E-state index contributed by atoms with van der Waals surface area (Å²) in [6.07, 6.45) is 0.904. The molecular formula is C12H16N4O. The van der Waals surface area contributed by atoms with Gasteiger partial charge in [-0.3, -0.25) is 0 Å². The molecule has 0 amide bonds. The van der Waals surface area contributed by atoms with E-state index in [1.54, 1.807) is 0 Å². The lowest BCUT2D eigenvalue weighted by molar-refractivity contribution is 0.391. The second kappa shape index (κ2) is 4.95. The first-order valence-corrected chi connectivity index (χ1v) is 5.68. The highest BCUT2D eigenvalue weighted by Crippen LogP contribution is 2.09. The fourth-order valence-electron chi connectivity index (χ4n) is 1.58. The number of nitrogens with one attached hydrogen (secondary N) is 1. The van der Waals surface area contributed by atoms with E-state index in [0.717, 1.165) is 35.2 Å². The molecule has 0 aliphatic heterocycles. The van der Waals surface area contributed by atoms with Crippen LogP contribution in [0.15, 0.2) is 16.7 Å². The Kier molecular flexibility index (Phi) is 3.37. The summed E-state index contributed by atoms with van der Waals surface area (Å²) in [4.78, 5) is 8.65. The molecule has 0 aromatic carbocycles. The molecule has 0 spiro atoms.